The highest BCUT2D eigenvalue weighted by Gasteiger charge is 2.28. The summed E-state index contributed by atoms with van der Waals surface area (Å²) in [7, 11) is 0. The molecule has 0 fully saturated rings. The Morgan fingerprint density at radius 1 is 1.50 bits per heavy atom. The number of amides is 1. The smallest absolute Gasteiger partial charge is 0.250 e. The van der Waals surface area contributed by atoms with Crippen molar-refractivity contribution < 1.29 is 4.79 Å². The van der Waals surface area contributed by atoms with Crippen LogP contribution in [0.3, 0.4) is 0 Å². The molecule has 1 aromatic heterocycles. The Bertz CT molecular complexity index is 482. The van der Waals surface area contributed by atoms with E-state index in [0.717, 1.165) is 0 Å². The second-order valence-corrected chi connectivity index (χ2v) is 5.18. The zero-order valence-corrected chi connectivity index (χ0v) is 11.3. The Morgan fingerprint density at radius 2 is 2.17 bits per heavy atom. The summed E-state index contributed by atoms with van der Waals surface area (Å²) in [6, 6.07) is 2.91. The van der Waals surface area contributed by atoms with E-state index in [1.807, 2.05) is 0 Å². The molecule has 0 aromatic carbocycles. The summed E-state index contributed by atoms with van der Waals surface area (Å²) in [5.41, 5.74) is 4.44. The van der Waals surface area contributed by atoms with Gasteiger partial charge < -0.3 is 15.6 Å². The van der Waals surface area contributed by atoms with Gasteiger partial charge in [0, 0.05) is 31.9 Å². The number of pyridine rings is 1. The van der Waals surface area contributed by atoms with Gasteiger partial charge in [-0.3, -0.25) is 9.59 Å². The first kappa shape index (κ1) is 14.7. The molecule has 0 saturated carbocycles. The topological polar surface area (TPSA) is 77.1 Å². The van der Waals surface area contributed by atoms with Crippen LogP contribution in [0.4, 0.5) is 0 Å². The number of hydrogen-bond acceptors (Lipinski definition) is 3. The number of rotatable bonds is 5. The van der Waals surface area contributed by atoms with Crippen LogP contribution in [-0.2, 0) is 11.3 Å². The number of nitrogens with two attached hydrogens (primary N) is 1. The van der Waals surface area contributed by atoms with Crippen molar-refractivity contribution in [1.82, 2.24) is 9.88 Å². The minimum Gasteiger partial charge on any atom is -0.354 e. The van der Waals surface area contributed by atoms with Crippen LogP contribution in [0.15, 0.2) is 23.1 Å². The van der Waals surface area contributed by atoms with E-state index in [4.69, 9.17) is 17.3 Å². The Kier molecular flexibility index (Phi) is 4.93. The fourth-order valence-corrected chi connectivity index (χ4v) is 1.73. The molecular formula is C12H18ClN3O2. The minimum atomic E-state index is -0.705. The van der Waals surface area contributed by atoms with Gasteiger partial charge in [0.1, 0.15) is 0 Å². The summed E-state index contributed by atoms with van der Waals surface area (Å²) in [4.78, 5) is 23.5. The van der Waals surface area contributed by atoms with Gasteiger partial charge in [0.25, 0.3) is 5.56 Å². The van der Waals surface area contributed by atoms with Gasteiger partial charge in [-0.05, 0) is 19.9 Å². The predicted octanol–water partition coefficient (Wildman–Crippen LogP) is 0.603. The monoisotopic (exact) mass is 271 g/mol. The highest BCUT2D eigenvalue weighted by atomic mass is 35.5. The normalized spacial score (nSPS) is 11.3. The van der Waals surface area contributed by atoms with Gasteiger partial charge in [0.05, 0.1) is 10.4 Å². The van der Waals surface area contributed by atoms with Crippen molar-refractivity contribution in [3.05, 3.63) is 33.7 Å². The van der Waals surface area contributed by atoms with Crippen LogP contribution < -0.4 is 16.6 Å². The molecule has 3 N–H and O–H groups in total. The van der Waals surface area contributed by atoms with E-state index in [0.29, 0.717) is 18.1 Å². The van der Waals surface area contributed by atoms with E-state index >= 15 is 0 Å². The van der Waals surface area contributed by atoms with Crippen LogP contribution in [0.2, 0.25) is 5.02 Å². The van der Waals surface area contributed by atoms with Crippen LogP contribution in [0.1, 0.15) is 13.8 Å². The van der Waals surface area contributed by atoms with E-state index in [1.54, 1.807) is 13.8 Å². The summed E-state index contributed by atoms with van der Waals surface area (Å²) < 4.78 is 1.43. The Hall–Kier alpha value is -1.33. The van der Waals surface area contributed by atoms with Crippen molar-refractivity contribution >= 4 is 17.5 Å². The predicted molar refractivity (Wildman–Crippen MR) is 71.6 cm³/mol. The molecule has 6 heteroatoms. The standard InChI is InChI=1S/C12H18ClN3O2/c1-12(2,11(18)15-6-5-14)8-16-7-9(13)3-4-10(16)17/h3-4,7H,5-6,8,14H2,1-2H3,(H,15,18). The van der Waals surface area contributed by atoms with Crippen molar-refractivity contribution in [3.63, 3.8) is 0 Å². The van der Waals surface area contributed by atoms with Gasteiger partial charge in [-0.15, -0.1) is 0 Å². The van der Waals surface area contributed by atoms with Crippen LogP contribution in [0, 0.1) is 5.41 Å². The molecule has 0 spiro atoms. The number of carbonyl (C=O) groups is 1. The molecule has 0 bridgehead atoms. The average Bonchev–Trinajstić information content (AvgIpc) is 2.30. The molecule has 5 nitrogen and oxygen atoms in total. The quantitative estimate of drug-likeness (QED) is 0.823. The second kappa shape index (κ2) is 6.02. The van der Waals surface area contributed by atoms with Crippen LogP contribution in [0.5, 0.6) is 0 Å². The van der Waals surface area contributed by atoms with Crippen molar-refractivity contribution in [2.45, 2.75) is 20.4 Å². The van der Waals surface area contributed by atoms with Gasteiger partial charge in [-0.25, -0.2) is 0 Å². The van der Waals surface area contributed by atoms with E-state index in [-0.39, 0.29) is 18.0 Å². The molecule has 1 heterocycles. The number of halogens is 1. The molecule has 1 aromatic rings. The molecule has 0 unspecified atom stereocenters. The summed E-state index contributed by atoms with van der Waals surface area (Å²) in [5, 5.41) is 3.18. The molecule has 0 aliphatic heterocycles. The molecule has 0 aliphatic carbocycles. The summed E-state index contributed by atoms with van der Waals surface area (Å²) >= 11 is 5.83. The summed E-state index contributed by atoms with van der Waals surface area (Å²) in [6.07, 6.45) is 1.53. The SMILES string of the molecule is CC(C)(Cn1cc(Cl)ccc1=O)C(=O)NCCN. The zero-order chi connectivity index (χ0) is 13.8. The van der Waals surface area contributed by atoms with Gasteiger partial charge in [-0.1, -0.05) is 11.6 Å². The lowest BCUT2D eigenvalue weighted by Crippen LogP contribution is -2.43. The number of nitrogens with zero attached hydrogens (tertiary/aromatic N) is 1. The molecule has 0 radical (unpaired) electrons. The maximum atomic E-state index is 11.9. The third-order valence-electron chi connectivity index (χ3n) is 2.56. The van der Waals surface area contributed by atoms with Crippen molar-refractivity contribution in [2.24, 2.45) is 11.1 Å². The summed E-state index contributed by atoms with van der Waals surface area (Å²) in [5.74, 6) is -0.139. The first-order valence-corrected chi connectivity index (χ1v) is 6.09. The molecule has 18 heavy (non-hydrogen) atoms. The first-order chi connectivity index (χ1) is 8.36. The maximum Gasteiger partial charge on any atom is 0.250 e. The van der Waals surface area contributed by atoms with Crippen LogP contribution in [-0.4, -0.2) is 23.6 Å². The van der Waals surface area contributed by atoms with Crippen LogP contribution >= 0.6 is 11.6 Å². The molecule has 1 rings (SSSR count). The third-order valence-corrected chi connectivity index (χ3v) is 2.78. The molecule has 0 saturated heterocycles. The molecular weight excluding hydrogens is 254 g/mol. The lowest BCUT2D eigenvalue weighted by Gasteiger charge is -2.24. The zero-order valence-electron chi connectivity index (χ0n) is 10.6. The fraction of sp³-hybridized carbons (Fsp3) is 0.500. The number of carbonyl (C=O) groups excluding carboxylic acids is 1. The Morgan fingerprint density at radius 3 is 2.78 bits per heavy atom. The van der Waals surface area contributed by atoms with Gasteiger partial charge in [-0.2, -0.15) is 0 Å². The Labute approximate surface area is 111 Å². The molecule has 100 valence electrons. The number of aromatic nitrogens is 1. The average molecular weight is 272 g/mol. The molecule has 1 amide bonds. The minimum absolute atomic E-state index is 0.139. The summed E-state index contributed by atoms with van der Waals surface area (Å²) in [6.45, 7) is 4.62. The van der Waals surface area contributed by atoms with Gasteiger partial charge in [0.2, 0.25) is 5.91 Å². The van der Waals surface area contributed by atoms with Crippen LogP contribution in [0.25, 0.3) is 0 Å². The van der Waals surface area contributed by atoms with E-state index < -0.39 is 5.41 Å². The molecule has 0 atom stereocenters. The van der Waals surface area contributed by atoms with Crippen molar-refractivity contribution in [2.75, 3.05) is 13.1 Å². The maximum absolute atomic E-state index is 11.9. The highest BCUT2D eigenvalue weighted by molar-refractivity contribution is 6.30. The Balaban J connectivity index is 2.84. The lowest BCUT2D eigenvalue weighted by molar-refractivity contribution is -0.130. The van der Waals surface area contributed by atoms with E-state index in [1.165, 1.54) is 22.9 Å². The lowest BCUT2D eigenvalue weighted by atomic mass is 9.92. The molecule has 0 aliphatic rings. The van der Waals surface area contributed by atoms with Gasteiger partial charge in [0.15, 0.2) is 0 Å². The largest absolute Gasteiger partial charge is 0.354 e. The van der Waals surface area contributed by atoms with Gasteiger partial charge >= 0.3 is 0 Å². The van der Waals surface area contributed by atoms with Crippen molar-refractivity contribution in [3.8, 4) is 0 Å². The first-order valence-electron chi connectivity index (χ1n) is 5.71. The third kappa shape index (κ3) is 3.85. The number of hydrogen-bond donors (Lipinski definition) is 2. The van der Waals surface area contributed by atoms with E-state index in [2.05, 4.69) is 5.32 Å². The second-order valence-electron chi connectivity index (χ2n) is 4.74. The number of nitrogens with one attached hydrogen (secondary N) is 1. The van der Waals surface area contributed by atoms with Crippen molar-refractivity contribution in [1.29, 1.82) is 0 Å². The highest BCUT2D eigenvalue weighted by Crippen LogP contribution is 2.18. The van der Waals surface area contributed by atoms with E-state index in [9.17, 15) is 9.59 Å². The fourth-order valence-electron chi connectivity index (χ4n) is 1.55.